The van der Waals surface area contributed by atoms with Crippen LogP contribution in [0.2, 0.25) is 0 Å². The number of hydrogen-bond donors (Lipinski definition) is 2. The zero-order valence-corrected chi connectivity index (χ0v) is 13.0. The molecule has 0 bridgehead atoms. The average molecular weight is 314 g/mol. The lowest BCUT2D eigenvalue weighted by Crippen LogP contribution is -2.54. The second kappa shape index (κ2) is 6.04. The number of nitrogens with one attached hydrogen (secondary N) is 1. The van der Waals surface area contributed by atoms with E-state index in [0.29, 0.717) is 18.3 Å². The summed E-state index contributed by atoms with van der Waals surface area (Å²) in [5, 5.41) is 12.3. The van der Waals surface area contributed by atoms with Gasteiger partial charge in [0.1, 0.15) is 6.04 Å². The van der Waals surface area contributed by atoms with Gasteiger partial charge in [-0.05, 0) is 31.6 Å². The van der Waals surface area contributed by atoms with E-state index < -0.39 is 12.0 Å². The first kappa shape index (κ1) is 15.0. The highest BCUT2D eigenvalue weighted by atomic mass is 32.2. The molecule has 2 heterocycles. The predicted octanol–water partition coefficient (Wildman–Crippen LogP) is 1.50. The minimum absolute atomic E-state index is 0.0301. The molecule has 1 saturated carbocycles. The van der Waals surface area contributed by atoms with E-state index in [2.05, 4.69) is 5.32 Å². The summed E-state index contributed by atoms with van der Waals surface area (Å²) in [6, 6.07) is -0.940. The number of thioether (sulfide) groups is 1. The van der Waals surface area contributed by atoms with Crippen LogP contribution in [-0.2, 0) is 9.53 Å². The Kier molecular flexibility index (Phi) is 4.31. The van der Waals surface area contributed by atoms with Crippen molar-refractivity contribution in [2.45, 2.75) is 56.2 Å². The number of carbonyl (C=O) groups is 2. The Balaban J connectivity index is 1.66. The maximum absolute atomic E-state index is 12.6. The number of hydrogen-bond acceptors (Lipinski definition) is 4. The summed E-state index contributed by atoms with van der Waals surface area (Å²) in [5.74, 6) is 0.118. The van der Waals surface area contributed by atoms with E-state index in [-0.39, 0.29) is 23.6 Å². The molecular formula is C14H22N2O4S. The summed E-state index contributed by atoms with van der Waals surface area (Å²) in [4.78, 5) is 25.4. The van der Waals surface area contributed by atoms with Crippen molar-refractivity contribution < 1.29 is 19.4 Å². The molecule has 1 aliphatic carbocycles. The molecule has 2 N–H and O–H groups in total. The number of nitrogens with zero attached hydrogens (tertiary/aromatic N) is 1. The highest BCUT2D eigenvalue weighted by Crippen LogP contribution is 2.39. The van der Waals surface area contributed by atoms with Gasteiger partial charge in [-0.15, -0.1) is 11.8 Å². The van der Waals surface area contributed by atoms with Crippen molar-refractivity contribution in [1.82, 2.24) is 10.2 Å². The molecule has 0 spiro atoms. The number of aliphatic carboxylic acids is 1. The molecule has 7 heteroatoms. The van der Waals surface area contributed by atoms with Crippen LogP contribution in [0.4, 0.5) is 4.79 Å². The molecule has 6 nitrogen and oxygen atoms in total. The van der Waals surface area contributed by atoms with Crippen LogP contribution in [0.15, 0.2) is 0 Å². The van der Waals surface area contributed by atoms with E-state index in [0.717, 1.165) is 12.8 Å². The topological polar surface area (TPSA) is 78.9 Å². The monoisotopic (exact) mass is 314 g/mol. The number of ether oxygens (including phenoxy) is 1. The fourth-order valence-corrected chi connectivity index (χ4v) is 4.58. The molecule has 3 rings (SSSR count). The van der Waals surface area contributed by atoms with Crippen LogP contribution in [0.5, 0.6) is 0 Å². The smallest absolute Gasteiger partial charge is 0.327 e. The van der Waals surface area contributed by atoms with Gasteiger partial charge in [0.15, 0.2) is 0 Å². The summed E-state index contributed by atoms with van der Waals surface area (Å²) in [5.41, 5.74) is 0. The van der Waals surface area contributed by atoms with E-state index in [1.54, 1.807) is 11.8 Å². The number of amides is 2. The molecule has 118 valence electrons. The molecule has 4 unspecified atom stereocenters. The Morgan fingerprint density at radius 2 is 2.14 bits per heavy atom. The maximum Gasteiger partial charge on any atom is 0.327 e. The highest BCUT2D eigenvalue weighted by molar-refractivity contribution is 8.00. The Bertz CT molecular complexity index is 429. The average Bonchev–Trinajstić information content (AvgIpc) is 3.03. The zero-order chi connectivity index (χ0) is 15.0. The van der Waals surface area contributed by atoms with E-state index >= 15 is 0 Å². The number of carboxylic acids is 1. The first-order valence-corrected chi connectivity index (χ1v) is 8.71. The number of urea groups is 1. The largest absolute Gasteiger partial charge is 0.480 e. The first-order chi connectivity index (χ1) is 10.1. The van der Waals surface area contributed by atoms with Gasteiger partial charge in [0.05, 0.1) is 17.5 Å². The lowest BCUT2D eigenvalue weighted by Gasteiger charge is -2.29. The van der Waals surface area contributed by atoms with Gasteiger partial charge in [0.25, 0.3) is 0 Å². The van der Waals surface area contributed by atoms with Gasteiger partial charge in [-0.2, -0.15) is 0 Å². The summed E-state index contributed by atoms with van der Waals surface area (Å²) >= 11 is 1.55. The third kappa shape index (κ3) is 2.99. The van der Waals surface area contributed by atoms with Crippen molar-refractivity contribution in [2.75, 3.05) is 12.4 Å². The Morgan fingerprint density at radius 1 is 1.38 bits per heavy atom. The van der Waals surface area contributed by atoms with E-state index in [1.165, 1.54) is 17.7 Å². The van der Waals surface area contributed by atoms with Crippen molar-refractivity contribution in [2.24, 2.45) is 5.92 Å². The fourth-order valence-electron chi connectivity index (χ4n) is 3.23. The van der Waals surface area contributed by atoms with Crippen molar-refractivity contribution >= 4 is 23.8 Å². The molecule has 4 atom stereocenters. The minimum atomic E-state index is -0.921. The maximum atomic E-state index is 12.6. The third-order valence-electron chi connectivity index (χ3n) is 4.49. The molecule has 3 fully saturated rings. The van der Waals surface area contributed by atoms with Crippen LogP contribution in [0.25, 0.3) is 0 Å². The van der Waals surface area contributed by atoms with Crippen LogP contribution in [0, 0.1) is 5.92 Å². The van der Waals surface area contributed by atoms with Crippen LogP contribution in [0.1, 0.15) is 32.6 Å². The second-order valence-electron chi connectivity index (χ2n) is 5.98. The van der Waals surface area contributed by atoms with Gasteiger partial charge in [-0.1, -0.05) is 6.92 Å². The summed E-state index contributed by atoms with van der Waals surface area (Å²) in [6.07, 6.45) is 4.04. The molecule has 2 amide bonds. The molecule has 0 radical (unpaired) electrons. The quantitative estimate of drug-likeness (QED) is 0.822. The Hall–Kier alpha value is -0.950. The molecule has 21 heavy (non-hydrogen) atoms. The lowest BCUT2D eigenvalue weighted by atomic mass is 10.1. The van der Waals surface area contributed by atoms with Gasteiger partial charge in [-0.3, -0.25) is 4.90 Å². The zero-order valence-electron chi connectivity index (χ0n) is 12.2. The Morgan fingerprint density at radius 3 is 2.76 bits per heavy atom. The van der Waals surface area contributed by atoms with Crippen molar-refractivity contribution in [3.05, 3.63) is 0 Å². The van der Waals surface area contributed by atoms with E-state index in [4.69, 9.17) is 4.74 Å². The number of carboxylic acid groups (broad SMARTS) is 1. The molecule has 0 aromatic rings. The molecule has 2 saturated heterocycles. The minimum Gasteiger partial charge on any atom is -0.480 e. The first-order valence-electron chi connectivity index (χ1n) is 7.66. The van der Waals surface area contributed by atoms with Crippen molar-refractivity contribution in [1.29, 1.82) is 0 Å². The van der Waals surface area contributed by atoms with Crippen molar-refractivity contribution in [3.8, 4) is 0 Å². The van der Waals surface area contributed by atoms with Gasteiger partial charge < -0.3 is 15.2 Å². The lowest BCUT2D eigenvalue weighted by molar-refractivity contribution is -0.141. The van der Waals surface area contributed by atoms with Gasteiger partial charge >= 0.3 is 12.0 Å². The van der Waals surface area contributed by atoms with Gasteiger partial charge in [0.2, 0.25) is 0 Å². The Labute approximate surface area is 128 Å². The highest BCUT2D eigenvalue weighted by Gasteiger charge is 2.45. The normalized spacial score (nSPS) is 36.0. The number of carbonyl (C=O) groups excluding carboxylic acids is 1. The van der Waals surface area contributed by atoms with Crippen LogP contribution >= 0.6 is 11.8 Å². The SMILES string of the molecule is CCC1SCC(C(=O)O)N1C(=O)NC1CCOC1C1CC1. The summed E-state index contributed by atoms with van der Waals surface area (Å²) < 4.78 is 5.73. The summed E-state index contributed by atoms with van der Waals surface area (Å²) in [7, 11) is 0. The van der Waals surface area contributed by atoms with Crippen LogP contribution < -0.4 is 5.32 Å². The van der Waals surface area contributed by atoms with Gasteiger partial charge in [-0.25, -0.2) is 9.59 Å². The van der Waals surface area contributed by atoms with Crippen molar-refractivity contribution in [3.63, 3.8) is 0 Å². The standard InChI is InChI=1S/C14H22N2O4S/c1-2-11-16(10(7-21-11)13(17)18)14(19)15-9-5-6-20-12(9)8-3-4-8/h8-12H,2-7H2,1H3,(H,15,19)(H,17,18). The van der Waals surface area contributed by atoms with E-state index in [9.17, 15) is 14.7 Å². The van der Waals surface area contributed by atoms with Gasteiger partial charge in [0, 0.05) is 12.4 Å². The molecular weight excluding hydrogens is 292 g/mol. The molecule has 3 aliphatic rings. The molecule has 0 aromatic heterocycles. The second-order valence-corrected chi connectivity index (χ2v) is 7.19. The third-order valence-corrected chi connectivity index (χ3v) is 5.95. The molecule has 2 aliphatic heterocycles. The predicted molar refractivity (Wildman–Crippen MR) is 79.2 cm³/mol. The number of rotatable bonds is 4. The summed E-state index contributed by atoms with van der Waals surface area (Å²) in [6.45, 7) is 2.66. The van der Waals surface area contributed by atoms with Crippen LogP contribution in [0.3, 0.4) is 0 Å². The fraction of sp³-hybridized carbons (Fsp3) is 0.857. The van der Waals surface area contributed by atoms with Crippen LogP contribution in [-0.4, -0.2) is 57.9 Å². The molecule has 0 aromatic carbocycles. The van der Waals surface area contributed by atoms with E-state index in [1.807, 2.05) is 6.92 Å².